The van der Waals surface area contributed by atoms with Gasteiger partial charge < -0.3 is 0 Å². The van der Waals surface area contributed by atoms with Crippen LogP contribution in [-0.2, 0) is 0 Å². The van der Waals surface area contributed by atoms with Gasteiger partial charge in [-0.1, -0.05) is 0 Å². The first-order valence-corrected chi connectivity index (χ1v) is 10.1. The van der Waals surface area contributed by atoms with Crippen LogP contribution >= 0.6 is 0 Å². The maximum atomic E-state index is 3.59. The molecule has 0 aromatic carbocycles. The van der Waals surface area contributed by atoms with Crippen molar-refractivity contribution in [1.29, 1.82) is 0 Å². The normalized spacial score (nSPS) is 27.7. The second-order valence-corrected chi connectivity index (χ2v) is 6.26. The molecule has 0 aromatic rings. The average Bonchev–Trinajstić information content (AvgIpc) is 2.19. The van der Waals surface area contributed by atoms with Crippen LogP contribution in [0.4, 0.5) is 0 Å². The first kappa shape index (κ1) is 10.9. The fourth-order valence-electron chi connectivity index (χ4n) is 1.52. The van der Waals surface area contributed by atoms with E-state index in [0.29, 0.717) is 6.04 Å². The Morgan fingerprint density at radius 2 is 1.43 bits per heavy atom. The summed E-state index contributed by atoms with van der Waals surface area (Å²) in [5.41, 5.74) is 0. The van der Waals surface area contributed by atoms with Crippen LogP contribution in [0.1, 0.15) is 0 Å². The molecule has 1 saturated heterocycles. The molecular formula is C9H21N4Rf. The van der Waals surface area contributed by atoms with Crippen molar-refractivity contribution in [2.45, 2.75) is 13.0 Å². The van der Waals surface area contributed by atoms with Crippen LogP contribution in [0.5, 0.6) is 0 Å². The predicted molar refractivity (Wildman–Crippen MR) is 55.2 cm³/mol. The Bertz CT molecular complexity index is 122. The van der Waals surface area contributed by atoms with Gasteiger partial charge in [-0.25, -0.2) is 0 Å². The van der Waals surface area contributed by atoms with Crippen molar-refractivity contribution in [1.82, 2.24) is 21.3 Å². The summed E-state index contributed by atoms with van der Waals surface area (Å²) in [5, 5.41) is 13.9. The molecule has 4 nitrogen and oxygen atoms in total. The second-order valence-electron chi connectivity index (χ2n) is 3.64. The van der Waals surface area contributed by atoms with Crippen molar-refractivity contribution in [2.75, 3.05) is 45.8 Å². The number of hydrogen-bond donors (Lipinski definition) is 4. The number of nitrogens with one attached hydrogen (secondary N) is 4. The summed E-state index contributed by atoms with van der Waals surface area (Å²) in [6.45, 7) is 9.07. The maximum absolute atomic E-state index is 3.59. The van der Waals surface area contributed by atoms with Crippen LogP contribution in [0.25, 0.3) is 0 Å². The molecule has 1 aliphatic heterocycles. The third-order valence-electron chi connectivity index (χ3n) is 2.43. The molecule has 1 aliphatic rings. The van der Waals surface area contributed by atoms with Gasteiger partial charge in [-0.2, -0.15) is 0 Å². The van der Waals surface area contributed by atoms with E-state index in [1.54, 1.807) is 0 Å². The zero-order valence-electron chi connectivity index (χ0n) is 8.94. The van der Waals surface area contributed by atoms with E-state index < -0.39 is 0 Å². The van der Waals surface area contributed by atoms with Crippen LogP contribution in [0, 0.1) is 0 Å². The predicted octanol–water partition coefficient (Wildman–Crippen LogP) is -1.31. The van der Waals surface area contributed by atoms with Gasteiger partial charge in [0.1, 0.15) is 0 Å². The average molecular weight is 452 g/mol. The standard InChI is InChI=1S/C9H21N4.Rf/c1-9-8-12-5-4-10-2-3-11-6-7-13-9;/h9-13H,1-8H2;. The van der Waals surface area contributed by atoms with Crippen molar-refractivity contribution in [3.8, 4) is 0 Å². The molecule has 5 heteroatoms. The van der Waals surface area contributed by atoms with E-state index in [9.17, 15) is 0 Å². The molecule has 1 unspecified atom stereocenters. The second kappa shape index (κ2) is 7.26. The molecule has 0 aromatic heterocycles. The third-order valence-corrected chi connectivity index (χ3v) is 5.58. The van der Waals surface area contributed by atoms with Crippen molar-refractivity contribution >= 4 is 0 Å². The Morgan fingerprint density at radius 3 is 2.07 bits per heavy atom. The van der Waals surface area contributed by atoms with E-state index in [1.165, 1.54) is 6.92 Å². The summed E-state index contributed by atoms with van der Waals surface area (Å²) in [6, 6.07) is 0.714. The SMILES string of the molecule is [Rf][CH2]C1CNCCNCCNCCN1. The molecular weight excluding hydrogens is 431 g/mol. The van der Waals surface area contributed by atoms with Crippen LogP contribution < -0.4 is 21.3 Å². The molecule has 0 spiro atoms. The fraction of sp³-hybridized carbons (Fsp3) is 1.00. The van der Waals surface area contributed by atoms with E-state index >= 15 is 0 Å². The number of rotatable bonds is 1. The fourth-order valence-corrected chi connectivity index (χ4v) is 3.37. The van der Waals surface area contributed by atoms with Crippen LogP contribution in [0.2, 0.25) is 6.92 Å². The van der Waals surface area contributed by atoms with Crippen molar-refractivity contribution in [3.63, 3.8) is 0 Å². The molecule has 0 bridgehead atoms. The van der Waals surface area contributed by atoms with E-state index in [4.69, 9.17) is 0 Å². The Labute approximate surface area is 80.9 Å². The third kappa shape index (κ3) is 4.77. The zero-order chi connectivity index (χ0) is 10.1. The van der Waals surface area contributed by atoms with Crippen LogP contribution in [-0.4, -0.2) is 51.9 Å². The minimum atomic E-state index is 0.714. The van der Waals surface area contributed by atoms with Gasteiger partial charge in [-0.3, -0.25) is 0 Å². The molecule has 1 atom stereocenters. The Kier molecular flexibility index (Phi) is 5.66. The topological polar surface area (TPSA) is 48.1 Å². The molecule has 79 valence electrons. The van der Waals surface area contributed by atoms with Crippen LogP contribution in [0.3, 0.4) is 0 Å². The summed E-state index contributed by atoms with van der Waals surface area (Å²) in [4.78, 5) is 0. The molecule has 1 rings (SSSR count). The molecule has 0 aliphatic carbocycles. The van der Waals surface area contributed by atoms with E-state index in [1.807, 2.05) is 0 Å². The van der Waals surface area contributed by atoms with Crippen molar-refractivity contribution in [2.24, 2.45) is 0 Å². The molecule has 0 amide bonds. The van der Waals surface area contributed by atoms with Gasteiger partial charge in [0.15, 0.2) is 0 Å². The zero-order valence-corrected chi connectivity index (χ0v) is 15.3. The molecule has 0 radical (unpaired) electrons. The van der Waals surface area contributed by atoms with Gasteiger partial charge >= 0.3 is 80.0 Å². The molecule has 14 heavy (non-hydrogen) atoms. The Hall–Kier alpha value is -1.16. The van der Waals surface area contributed by atoms with E-state index in [0.717, 1.165) is 45.8 Å². The van der Waals surface area contributed by atoms with E-state index in [2.05, 4.69) is 21.3 Å². The Balaban J connectivity index is 2.17. The quantitative estimate of drug-likeness (QED) is 0.400. The summed E-state index contributed by atoms with van der Waals surface area (Å²) in [7, 11) is 0. The summed E-state index contributed by atoms with van der Waals surface area (Å²) < 4.78 is 0.805. The van der Waals surface area contributed by atoms with E-state index in [-0.39, 0.29) is 0 Å². The van der Waals surface area contributed by atoms with Crippen molar-refractivity contribution in [3.05, 3.63) is 0 Å². The molecule has 4 N–H and O–H groups in total. The summed E-state index contributed by atoms with van der Waals surface area (Å²) >= 11 is 0. The first-order valence-electron chi connectivity index (χ1n) is 5.58. The molecule has 0 saturated carbocycles. The van der Waals surface area contributed by atoms with Gasteiger partial charge in [0.05, 0.1) is 0 Å². The van der Waals surface area contributed by atoms with Gasteiger partial charge in [0.25, 0.3) is 0 Å². The van der Waals surface area contributed by atoms with Gasteiger partial charge in [0.2, 0.25) is 0 Å². The first-order chi connectivity index (χ1) is 6.93. The van der Waals surface area contributed by atoms with Gasteiger partial charge in [0, 0.05) is 0 Å². The monoisotopic (exact) mass is 452 g/mol. The van der Waals surface area contributed by atoms with Crippen molar-refractivity contribution < 1.29 is 0 Å². The van der Waals surface area contributed by atoms with Crippen LogP contribution in [0.15, 0.2) is 0 Å². The minimum absolute atomic E-state index is 0.714. The molecule has 1 fully saturated rings. The number of hydrogen-bond acceptors (Lipinski definition) is 4. The van der Waals surface area contributed by atoms with Gasteiger partial charge in [-0.15, -0.1) is 0 Å². The summed E-state index contributed by atoms with van der Waals surface area (Å²) in [5.74, 6) is 0. The summed E-state index contributed by atoms with van der Waals surface area (Å²) in [6.07, 6.45) is 0. The Morgan fingerprint density at radius 1 is 0.857 bits per heavy atom. The van der Waals surface area contributed by atoms with Gasteiger partial charge in [-0.05, 0) is 0 Å². The molecule has 1 heterocycles.